The maximum atomic E-state index is 10.5. The summed E-state index contributed by atoms with van der Waals surface area (Å²) < 4.78 is 7.07. The molecule has 0 amide bonds. The minimum Gasteiger partial charge on any atom is -0.479 e. The van der Waals surface area contributed by atoms with E-state index in [0.717, 1.165) is 6.42 Å². The smallest absolute Gasteiger partial charge is 0.245 e. The molecule has 0 saturated carbocycles. The zero-order chi connectivity index (χ0) is 16.2. The lowest BCUT2D eigenvalue weighted by atomic mass is 10.0. The van der Waals surface area contributed by atoms with Crippen LogP contribution in [0.5, 0.6) is 5.88 Å². The predicted molar refractivity (Wildman–Crippen MR) is 94.6 cm³/mol. The second kappa shape index (κ2) is 8.08. The lowest BCUT2D eigenvalue weighted by Crippen LogP contribution is -2.22. The number of methoxy groups -OCH3 is 1. The van der Waals surface area contributed by atoms with Crippen molar-refractivity contribution in [2.45, 2.75) is 31.9 Å². The molecule has 2 aromatic heterocycles. The zero-order valence-electron chi connectivity index (χ0n) is 13.7. The first-order valence-corrected chi connectivity index (χ1v) is 7.64. The number of aromatic nitrogens is 4. The molecule has 0 radical (unpaired) electrons. The molecule has 128 valence electrons. The quantitative estimate of drug-likeness (QED) is 0.741. The number of aryl methyl sites for hydroxylation is 1. The highest BCUT2D eigenvalue weighted by Gasteiger charge is 2.20. The second-order valence-electron chi connectivity index (χ2n) is 5.54. The standard InChI is InChI=1S/C17H20N4O2.ClH/c1-12(14(22)9-8-13-6-4-3-5-7-13)21-11-20-15-16(21)18-10-19-17(15)23-2;/h3-7,10-12,14,22H,8-9H2,1-2H3;1H/t12-,14+;/m1./s1. The van der Waals surface area contributed by atoms with Crippen molar-refractivity contribution < 1.29 is 9.84 Å². The summed E-state index contributed by atoms with van der Waals surface area (Å²) in [5, 5.41) is 10.5. The van der Waals surface area contributed by atoms with Gasteiger partial charge in [-0.1, -0.05) is 30.3 Å². The Labute approximate surface area is 146 Å². The van der Waals surface area contributed by atoms with Crippen LogP contribution in [0.15, 0.2) is 43.0 Å². The molecule has 0 fully saturated rings. The van der Waals surface area contributed by atoms with E-state index < -0.39 is 6.10 Å². The van der Waals surface area contributed by atoms with Crippen molar-refractivity contribution in [2.75, 3.05) is 7.11 Å². The molecular formula is C17H21ClN4O2. The summed E-state index contributed by atoms with van der Waals surface area (Å²) >= 11 is 0. The Morgan fingerprint density at radius 3 is 2.62 bits per heavy atom. The lowest BCUT2D eigenvalue weighted by Gasteiger charge is -2.20. The number of fused-ring (bicyclic) bond motifs is 1. The van der Waals surface area contributed by atoms with Crippen LogP contribution in [0.25, 0.3) is 11.2 Å². The molecule has 3 aromatic rings. The predicted octanol–water partition coefficient (Wildman–Crippen LogP) is 2.81. The molecule has 24 heavy (non-hydrogen) atoms. The molecule has 0 saturated heterocycles. The van der Waals surface area contributed by atoms with Gasteiger partial charge in [-0.05, 0) is 25.3 Å². The fourth-order valence-corrected chi connectivity index (χ4v) is 2.66. The Bertz CT molecular complexity index is 779. The number of halogens is 1. The Morgan fingerprint density at radius 1 is 1.17 bits per heavy atom. The molecule has 0 spiro atoms. The number of aliphatic hydroxyl groups is 1. The van der Waals surface area contributed by atoms with Crippen LogP contribution in [0.2, 0.25) is 0 Å². The minimum absolute atomic E-state index is 0. The Morgan fingerprint density at radius 2 is 1.92 bits per heavy atom. The molecule has 0 bridgehead atoms. The van der Waals surface area contributed by atoms with Gasteiger partial charge in [-0.25, -0.2) is 9.97 Å². The number of ether oxygens (including phenoxy) is 1. The molecule has 1 N–H and O–H groups in total. The van der Waals surface area contributed by atoms with Crippen LogP contribution in [-0.4, -0.2) is 37.8 Å². The summed E-state index contributed by atoms with van der Waals surface area (Å²) in [5.74, 6) is 0.444. The third-order valence-corrected chi connectivity index (χ3v) is 4.09. The van der Waals surface area contributed by atoms with E-state index in [4.69, 9.17) is 4.74 Å². The number of benzene rings is 1. The molecular weight excluding hydrogens is 328 g/mol. The molecule has 2 heterocycles. The van der Waals surface area contributed by atoms with Crippen LogP contribution < -0.4 is 4.74 Å². The van der Waals surface area contributed by atoms with Gasteiger partial charge in [0, 0.05) is 0 Å². The van der Waals surface area contributed by atoms with Crippen molar-refractivity contribution in [3.05, 3.63) is 48.5 Å². The number of hydrogen-bond donors (Lipinski definition) is 1. The topological polar surface area (TPSA) is 73.1 Å². The van der Waals surface area contributed by atoms with E-state index in [0.29, 0.717) is 23.5 Å². The molecule has 0 aliphatic carbocycles. The maximum absolute atomic E-state index is 10.5. The summed E-state index contributed by atoms with van der Waals surface area (Å²) in [5.41, 5.74) is 2.50. The Hall–Kier alpha value is -2.18. The van der Waals surface area contributed by atoms with Gasteiger partial charge in [0.25, 0.3) is 0 Å². The first kappa shape index (κ1) is 18.2. The summed E-state index contributed by atoms with van der Waals surface area (Å²) in [6.45, 7) is 1.96. The first-order chi connectivity index (χ1) is 11.2. The van der Waals surface area contributed by atoms with Crippen molar-refractivity contribution >= 4 is 23.6 Å². The van der Waals surface area contributed by atoms with Gasteiger partial charge in [0.2, 0.25) is 5.88 Å². The highest BCUT2D eigenvalue weighted by molar-refractivity contribution is 5.85. The van der Waals surface area contributed by atoms with Crippen LogP contribution >= 0.6 is 12.4 Å². The lowest BCUT2D eigenvalue weighted by molar-refractivity contribution is 0.113. The van der Waals surface area contributed by atoms with Gasteiger partial charge < -0.3 is 14.4 Å². The van der Waals surface area contributed by atoms with Gasteiger partial charge in [0.1, 0.15) is 6.33 Å². The monoisotopic (exact) mass is 348 g/mol. The van der Waals surface area contributed by atoms with E-state index in [9.17, 15) is 5.11 Å². The van der Waals surface area contributed by atoms with Crippen molar-refractivity contribution in [1.82, 2.24) is 19.5 Å². The molecule has 6 nitrogen and oxygen atoms in total. The average Bonchev–Trinajstić information content (AvgIpc) is 3.04. The van der Waals surface area contributed by atoms with Crippen molar-refractivity contribution in [1.29, 1.82) is 0 Å². The highest BCUT2D eigenvalue weighted by Crippen LogP contribution is 2.24. The van der Waals surface area contributed by atoms with E-state index >= 15 is 0 Å². The van der Waals surface area contributed by atoms with E-state index in [-0.39, 0.29) is 18.4 Å². The van der Waals surface area contributed by atoms with Crippen LogP contribution in [-0.2, 0) is 6.42 Å². The third-order valence-electron chi connectivity index (χ3n) is 4.09. The van der Waals surface area contributed by atoms with Crippen LogP contribution in [0, 0.1) is 0 Å². The SMILES string of the molecule is COc1ncnc2c1ncn2[C@H](C)[C@@H](O)CCc1ccccc1.Cl. The van der Waals surface area contributed by atoms with Crippen LogP contribution in [0.4, 0.5) is 0 Å². The van der Waals surface area contributed by atoms with Gasteiger partial charge in [-0.15, -0.1) is 12.4 Å². The third kappa shape index (κ3) is 3.66. The summed E-state index contributed by atoms with van der Waals surface area (Å²) in [6, 6.07) is 10.0. The highest BCUT2D eigenvalue weighted by atomic mass is 35.5. The molecule has 7 heteroatoms. The Kier molecular flexibility index (Phi) is 6.11. The number of rotatable bonds is 6. The zero-order valence-corrected chi connectivity index (χ0v) is 14.5. The summed E-state index contributed by atoms with van der Waals surface area (Å²) in [4.78, 5) is 12.6. The fraction of sp³-hybridized carbons (Fsp3) is 0.353. The number of nitrogens with zero attached hydrogens (tertiary/aromatic N) is 4. The number of imidazole rings is 1. The average molecular weight is 349 g/mol. The van der Waals surface area contributed by atoms with E-state index in [1.165, 1.54) is 11.9 Å². The van der Waals surface area contributed by atoms with E-state index in [1.807, 2.05) is 29.7 Å². The van der Waals surface area contributed by atoms with Crippen LogP contribution in [0.1, 0.15) is 24.9 Å². The van der Waals surface area contributed by atoms with Gasteiger partial charge in [-0.2, -0.15) is 4.98 Å². The number of aliphatic hydroxyl groups excluding tert-OH is 1. The molecule has 0 aliphatic rings. The normalized spacial score (nSPS) is 13.3. The van der Waals surface area contributed by atoms with E-state index in [1.54, 1.807) is 13.4 Å². The fourth-order valence-electron chi connectivity index (χ4n) is 2.66. The molecule has 0 aliphatic heterocycles. The maximum Gasteiger partial charge on any atom is 0.245 e. The van der Waals surface area contributed by atoms with Gasteiger partial charge in [0.15, 0.2) is 11.2 Å². The van der Waals surface area contributed by atoms with Gasteiger partial charge in [-0.3, -0.25) is 0 Å². The molecule has 2 atom stereocenters. The largest absolute Gasteiger partial charge is 0.479 e. The number of hydrogen-bond acceptors (Lipinski definition) is 5. The Balaban J connectivity index is 0.00000208. The summed E-state index contributed by atoms with van der Waals surface area (Å²) in [7, 11) is 1.55. The molecule has 1 aromatic carbocycles. The van der Waals surface area contributed by atoms with Crippen molar-refractivity contribution in [3.63, 3.8) is 0 Å². The van der Waals surface area contributed by atoms with Crippen molar-refractivity contribution in [2.24, 2.45) is 0 Å². The van der Waals surface area contributed by atoms with Gasteiger partial charge in [0.05, 0.1) is 25.6 Å². The summed E-state index contributed by atoms with van der Waals surface area (Å²) in [6.07, 6.45) is 4.14. The first-order valence-electron chi connectivity index (χ1n) is 7.64. The molecule has 0 unspecified atom stereocenters. The molecule has 3 rings (SSSR count). The second-order valence-corrected chi connectivity index (χ2v) is 5.54. The minimum atomic E-state index is -0.492. The van der Waals surface area contributed by atoms with Crippen LogP contribution in [0.3, 0.4) is 0 Å². The van der Waals surface area contributed by atoms with E-state index in [2.05, 4.69) is 27.1 Å². The van der Waals surface area contributed by atoms with Crippen molar-refractivity contribution in [3.8, 4) is 5.88 Å². The van der Waals surface area contributed by atoms with Gasteiger partial charge >= 0.3 is 0 Å².